The maximum absolute atomic E-state index is 14.9. The molecule has 2 aromatic heterocycles. The van der Waals surface area contributed by atoms with Crippen LogP contribution in [0.2, 0.25) is 0 Å². The van der Waals surface area contributed by atoms with E-state index in [2.05, 4.69) is 64.5 Å². The van der Waals surface area contributed by atoms with Gasteiger partial charge in [0.05, 0.1) is 76.0 Å². The fourth-order valence-corrected chi connectivity index (χ4v) is 27.2. The maximum atomic E-state index is 14.9. The molecular formula is C56H9F4N17S16. The highest BCUT2D eigenvalue weighted by Crippen LogP contribution is 2.67. The molecule has 0 saturated heterocycles. The number of allylic oxidation sites excluding steroid dienone is 4. The van der Waals surface area contributed by atoms with Gasteiger partial charge in [-0.05, 0) is 20.8 Å². The van der Waals surface area contributed by atoms with Gasteiger partial charge in [0.1, 0.15) is 120 Å². The lowest BCUT2D eigenvalue weighted by atomic mass is 10.2. The number of hydrogen-bond donors (Lipinski definition) is 0. The van der Waals surface area contributed by atoms with E-state index in [4.69, 9.17) is 81.5 Å². The van der Waals surface area contributed by atoms with Crippen molar-refractivity contribution in [2.24, 2.45) is 0 Å². The van der Waals surface area contributed by atoms with E-state index >= 15 is 0 Å². The lowest BCUT2D eigenvalue weighted by Crippen LogP contribution is -1.92. The Morgan fingerprint density at radius 3 is 1.08 bits per heavy atom. The molecule has 2 aromatic carbocycles. The summed E-state index contributed by atoms with van der Waals surface area (Å²) < 4.78 is 62.9. The molecule has 12 rings (SSSR count). The molecule has 0 aliphatic carbocycles. The maximum Gasteiger partial charge on any atom is 0.540 e. The van der Waals surface area contributed by atoms with E-state index in [1.54, 1.807) is 32.9 Å². The summed E-state index contributed by atoms with van der Waals surface area (Å²) >= 11 is 18.4. The highest BCUT2D eigenvalue weighted by molar-refractivity contribution is 8.28. The van der Waals surface area contributed by atoms with E-state index in [1.807, 2.05) is 12.1 Å². The first-order valence-electron chi connectivity index (χ1n) is 23.5. The first-order valence-corrected chi connectivity index (χ1v) is 36.6. The van der Waals surface area contributed by atoms with Gasteiger partial charge in [0.15, 0.2) is 28.8 Å². The average Bonchev–Trinajstić information content (AvgIpc) is 1.85. The molecule has 10 heterocycles. The van der Waals surface area contributed by atoms with Crippen molar-refractivity contribution in [2.75, 3.05) is 0 Å². The number of pyridine rings is 2. The minimum Gasteiger partial charge on any atom is -0.241 e. The quantitative estimate of drug-likeness (QED) is 0.0699. The highest BCUT2D eigenvalue weighted by Gasteiger charge is 2.42. The van der Waals surface area contributed by atoms with E-state index in [9.17, 15) is 28.1 Å². The monoisotopic (exact) mass is 1510 g/mol. The third kappa shape index (κ3) is 13.4. The van der Waals surface area contributed by atoms with Crippen molar-refractivity contribution in [2.45, 2.75) is 99.5 Å². The molecule has 93 heavy (non-hydrogen) atoms. The van der Waals surface area contributed by atoms with Crippen LogP contribution in [0.15, 0.2) is 158 Å². The fraction of sp³-hybridized carbons (Fsp3) is 0.0536. The SMILES string of the molecule is [C-]#[N+]C([N+]#[C-])=C1Sc2c(F)c(C#N)c3c(c2S1)S/C(=C(/C)[N+]#[C-])S3.[C-]#[N+]C([N+]#[C-])=C1Sc2c(F)c3c(c(C#N)c2S1)SC(=C(C#N)C#N)S3.[C-]#[N+]C([N+]#[C-])=C1Sc2nc(F)c3c(c2S1)S/C(=C(/C)[N+]#[C-])S3.[C-]#[N+]C([N+]#[C-])=C1Sc2nc3c(c(F)c2S1)S/C(=C(/C)C#N)S3. The molecule has 37 heteroatoms. The predicted molar refractivity (Wildman–Crippen MR) is 360 cm³/mol. The Bertz CT molecular complexity index is 5070. The Morgan fingerprint density at radius 1 is 0.312 bits per heavy atom. The summed E-state index contributed by atoms with van der Waals surface area (Å²) in [6, 6.07) is 9.54. The molecule has 0 amide bonds. The Hall–Kier alpha value is -7.67. The summed E-state index contributed by atoms with van der Waals surface area (Å²) in [5.74, 6) is -2.49. The van der Waals surface area contributed by atoms with Crippen LogP contribution in [0.1, 0.15) is 31.9 Å². The summed E-state index contributed by atoms with van der Waals surface area (Å²) in [6.45, 7) is 75.4. The highest BCUT2D eigenvalue weighted by atomic mass is 32.2. The number of rotatable bonds is 0. The van der Waals surface area contributed by atoms with Gasteiger partial charge in [-0.3, -0.25) is 0 Å². The second-order valence-electron chi connectivity index (χ2n) is 16.5. The molecule has 442 valence electrons. The molecular weight excluding hydrogens is 1500 g/mol. The van der Waals surface area contributed by atoms with Gasteiger partial charge >= 0.3 is 23.3 Å². The molecule has 0 atom stereocenters. The van der Waals surface area contributed by atoms with Crippen LogP contribution in [0.5, 0.6) is 0 Å². The van der Waals surface area contributed by atoms with Crippen LogP contribution >= 0.6 is 188 Å². The number of thioether (sulfide) groups is 16. The number of fused-ring (bicyclic) bond motifs is 10. The first kappa shape index (κ1) is 69.7. The van der Waals surface area contributed by atoms with Crippen LogP contribution in [0.4, 0.5) is 17.6 Å². The second-order valence-corrected chi connectivity index (χ2v) is 34.8. The molecule has 0 spiro atoms. The molecule has 8 aliphatic rings. The van der Waals surface area contributed by atoms with Crippen LogP contribution < -0.4 is 0 Å². The van der Waals surface area contributed by atoms with Crippen LogP contribution in [0.3, 0.4) is 0 Å². The van der Waals surface area contributed by atoms with Crippen molar-refractivity contribution in [1.29, 1.82) is 26.3 Å². The Balaban J connectivity index is 0.000000146. The Labute approximate surface area is 594 Å². The van der Waals surface area contributed by atoms with Crippen LogP contribution in [-0.4, -0.2) is 9.97 Å². The topological polar surface area (TPSA) is 188 Å². The predicted octanol–water partition coefficient (Wildman–Crippen LogP) is 22.5. The minimum absolute atomic E-state index is 0.0223. The summed E-state index contributed by atoms with van der Waals surface area (Å²) in [5.41, 5.74) is 1.62. The van der Waals surface area contributed by atoms with Crippen LogP contribution in [-0.2, 0) is 0 Å². The van der Waals surface area contributed by atoms with E-state index in [0.717, 1.165) is 121 Å². The van der Waals surface area contributed by atoms with Gasteiger partial charge in [-0.2, -0.15) is 69.5 Å². The fourth-order valence-electron chi connectivity index (χ4n) is 7.11. The van der Waals surface area contributed by atoms with Gasteiger partial charge in [0.25, 0.3) is 0 Å². The summed E-state index contributed by atoms with van der Waals surface area (Å²) in [6.07, 6.45) is 0. The van der Waals surface area contributed by atoms with Gasteiger partial charge in [0.2, 0.25) is 5.95 Å². The molecule has 0 N–H and O–H groups in total. The Kier molecular flexibility index (Phi) is 22.6. The van der Waals surface area contributed by atoms with Crippen molar-refractivity contribution in [3.8, 4) is 30.3 Å². The number of aromatic nitrogens is 2. The standard InChI is InChI=1S/C15FN5S4.C15H3FN4S4.2C13H3FN4S4/c1-20-13(21-2)15-23-10-7(5-19)9-11(8(16)12(10)25-15)24-14(22-9)6(3-17)4-18;1-6(18-2)14-21-9-7(5-17)8(16)10-12(11(9)23-14)24-15(22-10)13(19-3)20-4;1-5(15-2)12-19-6-7(20-12)9(14)18-11-8(6)21-13(22-11)10(16-3)17-4;1-5(4-15)12-19-7-6(14)8-11(18-10(7)21-12)22-13(20-8)9(16-2)17-3/h;1H3;2*1H3/b;14-6-;2*12-5+. The third-order valence-electron chi connectivity index (χ3n) is 11.2. The zero-order valence-electron chi connectivity index (χ0n) is 45.1. The third-order valence-corrected chi connectivity index (χ3v) is 32.4. The van der Waals surface area contributed by atoms with Crippen molar-refractivity contribution < 1.29 is 17.6 Å². The first-order chi connectivity index (χ1) is 44.8. The molecule has 17 nitrogen and oxygen atoms in total. The summed E-state index contributed by atoms with van der Waals surface area (Å²) in [7, 11) is 0. The number of benzene rings is 2. The molecule has 8 aliphatic heterocycles. The van der Waals surface area contributed by atoms with Gasteiger partial charge < -0.3 is 0 Å². The van der Waals surface area contributed by atoms with E-state index in [1.165, 1.54) is 94.1 Å². The molecule has 0 bridgehead atoms. The van der Waals surface area contributed by atoms with Crippen molar-refractivity contribution in [1.82, 2.24) is 9.97 Å². The minimum atomic E-state index is -0.622. The second kappa shape index (κ2) is 30.2. The smallest absolute Gasteiger partial charge is 0.241 e. The molecule has 4 aromatic rings. The summed E-state index contributed by atoms with van der Waals surface area (Å²) in [4.78, 5) is 46.4. The lowest BCUT2D eigenvalue weighted by Gasteiger charge is -2.07. The lowest BCUT2D eigenvalue weighted by molar-refractivity contribution is 0.528. The van der Waals surface area contributed by atoms with Gasteiger partial charge in [-0.15, -0.1) is 0 Å². The molecule has 0 radical (unpaired) electrons. The van der Waals surface area contributed by atoms with Gasteiger partial charge in [-0.1, -0.05) is 188 Å². The van der Waals surface area contributed by atoms with Crippen molar-refractivity contribution >= 4 is 188 Å². The molecule has 0 fully saturated rings. The van der Waals surface area contributed by atoms with Crippen LogP contribution in [0, 0.1) is 146 Å². The molecule has 0 saturated carbocycles. The van der Waals surface area contributed by atoms with Crippen molar-refractivity contribution in [3.05, 3.63) is 228 Å². The van der Waals surface area contributed by atoms with Gasteiger partial charge in [0, 0.05) is 34.9 Å². The van der Waals surface area contributed by atoms with Gasteiger partial charge in [-0.25, -0.2) is 32.8 Å². The number of halogens is 4. The normalized spacial score (nSPS) is 16.0. The van der Waals surface area contributed by atoms with Crippen molar-refractivity contribution in [3.63, 3.8) is 0 Å². The number of hydrogen-bond acceptors (Lipinski definition) is 23. The van der Waals surface area contributed by atoms with E-state index in [0.29, 0.717) is 87.5 Å². The Morgan fingerprint density at radius 2 is 0.624 bits per heavy atom. The van der Waals surface area contributed by atoms with Crippen LogP contribution in [0.25, 0.3) is 48.5 Å². The average molecular weight is 1510 g/mol. The van der Waals surface area contributed by atoms with E-state index in [-0.39, 0.29) is 60.5 Å². The largest absolute Gasteiger partial charge is 0.540 e. The zero-order valence-corrected chi connectivity index (χ0v) is 58.2. The zero-order chi connectivity index (χ0) is 67.3. The molecule has 0 unspecified atom stereocenters. The number of nitrogens with zero attached hydrogens (tertiary/aromatic N) is 17. The summed E-state index contributed by atoms with van der Waals surface area (Å²) in [5, 5.41) is 47.3. The number of nitriles is 5. The van der Waals surface area contributed by atoms with E-state index < -0.39 is 17.6 Å².